The van der Waals surface area contributed by atoms with Gasteiger partial charge in [-0.05, 0) is 55.2 Å². The molecule has 32 heavy (non-hydrogen) atoms. The number of Topliss-reactive ketones (excluding diaryl/α,β-unsaturated/α-hetero) is 1. The van der Waals surface area contributed by atoms with E-state index < -0.39 is 23.5 Å². The van der Waals surface area contributed by atoms with Gasteiger partial charge in [-0.2, -0.15) is 0 Å². The highest BCUT2D eigenvalue weighted by molar-refractivity contribution is 6.30. The number of nitrogens with zero attached hydrogens (tertiary/aromatic N) is 1. The lowest BCUT2D eigenvalue weighted by Gasteiger charge is -2.51. The number of amides is 1. The minimum Gasteiger partial charge on any atom is -0.481 e. The summed E-state index contributed by atoms with van der Waals surface area (Å²) >= 11 is 12.4. The molecule has 0 aromatic heterocycles. The van der Waals surface area contributed by atoms with Crippen LogP contribution >= 0.6 is 23.2 Å². The molecule has 2 aromatic rings. The molecule has 5 nitrogen and oxygen atoms in total. The van der Waals surface area contributed by atoms with Crippen LogP contribution in [0.5, 0.6) is 0 Å². The van der Waals surface area contributed by atoms with E-state index in [0.29, 0.717) is 22.9 Å². The molecule has 0 bridgehead atoms. The maximum atomic E-state index is 13.8. The fourth-order valence-electron chi connectivity index (χ4n) is 4.90. The molecule has 7 heteroatoms. The number of hydrogen-bond acceptors (Lipinski definition) is 3. The molecule has 1 amide bonds. The van der Waals surface area contributed by atoms with Gasteiger partial charge in [-0.25, -0.2) is 0 Å². The number of rotatable bonds is 7. The standard InChI is InChI=1S/C25H27Cl2NO4/c1-4-21(15(2)29)28-23(16-8-10-18(26)11-9-16)20(17-6-5-7-19(27)12-17)13-25(3,24(28)32)14-22(30)31/h5-12,20-21,23H,4,13-14H2,1-3H3,(H,30,31)/t20?,21?,23?,25-/m1/s1. The van der Waals surface area contributed by atoms with Crippen LogP contribution in [-0.2, 0) is 14.4 Å². The molecular weight excluding hydrogens is 449 g/mol. The van der Waals surface area contributed by atoms with Gasteiger partial charge in [0, 0.05) is 16.0 Å². The monoisotopic (exact) mass is 475 g/mol. The highest BCUT2D eigenvalue weighted by Gasteiger charge is 2.52. The molecule has 0 saturated carbocycles. The minimum atomic E-state index is -1.16. The van der Waals surface area contributed by atoms with Crippen molar-refractivity contribution in [3.63, 3.8) is 0 Å². The molecule has 3 rings (SSSR count). The Hall–Kier alpha value is -2.37. The van der Waals surface area contributed by atoms with Gasteiger partial charge in [0.15, 0.2) is 5.78 Å². The maximum Gasteiger partial charge on any atom is 0.304 e. The van der Waals surface area contributed by atoms with Crippen molar-refractivity contribution in [2.75, 3.05) is 0 Å². The van der Waals surface area contributed by atoms with Crippen molar-refractivity contribution >= 4 is 40.9 Å². The van der Waals surface area contributed by atoms with Gasteiger partial charge in [0.25, 0.3) is 0 Å². The number of carbonyl (C=O) groups is 3. The second-order valence-corrected chi connectivity index (χ2v) is 9.61. The second-order valence-electron chi connectivity index (χ2n) is 8.74. The summed E-state index contributed by atoms with van der Waals surface area (Å²) in [6, 6.07) is 13.5. The Kier molecular flexibility index (Phi) is 7.31. The van der Waals surface area contributed by atoms with E-state index >= 15 is 0 Å². The summed E-state index contributed by atoms with van der Waals surface area (Å²) in [6.07, 6.45) is 0.425. The van der Waals surface area contributed by atoms with Crippen molar-refractivity contribution in [1.82, 2.24) is 4.90 Å². The van der Waals surface area contributed by atoms with Crippen LogP contribution in [0.3, 0.4) is 0 Å². The average Bonchev–Trinajstić information content (AvgIpc) is 2.71. The normalized spacial score (nSPS) is 24.3. The number of carbonyl (C=O) groups excluding carboxylic acids is 2. The third kappa shape index (κ3) is 4.84. The van der Waals surface area contributed by atoms with Crippen LogP contribution in [0.15, 0.2) is 48.5 Å². The number of ketones is 1. The van der Waals surface area contributed by atoms with Gasteiger partial charge in [0.2, 0.25) is 5.91 Å². The Labute approximate surface area is 198 Å². The number of halogens is 2. The van der Waals surface area contributed by atoms with Crippen molar-refractivity contribution in [2.24, 2.45) is 5.41 Å². The number of carboxylic acids is 1. The van der Waals surface area contributed by atoms with E-state index in [9.17, 15) is 19.5 Å². The highest BCUT2D eigenvalue weighted by atomic mass is 35.5. The number of benzene rings is 2. The number of hydrogen-bond donors (Lipinski definition) is 1. The van der Waals surface area contributed by atoms with Crippen molar-refractivity contribution in [3.05, 3.63) is 69.7 Å². The van der Waals surface area contributed by atoms with E-state index in [4.69, 9.17) is 23.2 Å². The number of likely N-dealkylation sites (tertiary alicyclic amines) is 1. The second kappa shape index (κ2) is 9.63. The Morgan fingerprint density at radius 2 is 1.78 bits per heavy atom. The largest absolute Gasteiger partial charge is 0.481 e. The summed E-state index contributed by atoms with van der Waals surface area (Å²) < 4.78 is 0. The lowest BCUT2D eigenvalue weighted by molar-refractivity contribution is -0.162. The number of piperidine rings is 1. The molecule has 3 unspecified atom stereocenters. The molecule has 1 N–H and O–H groups in total. The molecule has 1 aliphatic rings. The summed E-state index contributed by atoms with van der Waals surface area (Å²) in [5.74, 6) is -1.76. The molecule has 1 saturated heterocycles. The van der Waals surface area contributed by atoms with Gasteiger partial charge in [0.1, 0.15) is 0 Å². The minimum absolute atomic E-state index is 0.135. The predicted octanol–water partition coefficient (Wildman–Crippen LogP) is 5.90. The molecule has 1 aliphatic heterocycles. The van der Waals surface area contributed by atoms with Gasteiger partial charge < -0.3 is 10.0 Å². The lowest BCUT2D eigenvalue weighted by atomic mass is 9.67. The smallest absolute Gasteiger partial charge is 0.304 e. The highest BCUT2D eigenvalue weighted by Crippen LogP contribution is 2.52. The molecule has 1 fully saturated rings. The Morgan fingerprint density at radius 1 is 1.12 bits per heavy atom. The molecule has 170 valence electrons. The zero-order valence-electron chi connectivity index (χ0n) is 18.3. The van der Waals surface area contributed by atoms with E-state index in [2.05, 4.69) is 0 Å². The first-order valence-corrected chi connectivity index (χ1v) is 11.4. The van der Waals surface area contributed by atoms with E-state index in [1.54, 1.807) is 30.0 Å². The Morgan fingerprint density at radius 3 is 2.31 bits per heavy atom. The quantitative estimate of drug-likeness (QED) is 0.540. The molecule has 0 aliphatic carbocycles. The Balaban J connectivity index is 2.26. The van der Waals surface area contributed by atoms with Crippen LogP contribution < -0.4 is 0 Å². The Bertz CT molecular complexity index is 1020. The predicted molar refractivity (Wildman–Crippen MR) is 125 cm³/mol. The van der Waals surface area contributed by atoms with Crippen molar-refractivity contribution < 1.29 is 19.5 Å². The molecular formula is C25H27Cl2NO4. The topological polar surface area (TPSA) is 74.7 Å². The van der Waals surface area contributed by atoms with Crippen molar-refractivity contribution in [1.29, 1.82) is 0 Å². The van der Waals surface area contributed by atoms with Gasteiger partial charge >= 0.3 is 5.97 Å². The first-order valence-electron chi connectivity index (χ1n) is 10.6. The van der Waals surface area contributed by atoms with Gasteiger partial charge in [-0.1, -0.05) is 61.3 Å². The van der Waals surface area contributed by atoms with E-state index in [0.717, 1.165) is 11.1 Å². The van der Waals surface area contributed by atoms with Crippen molar-refractivity contribution in [2.45, 2.75) is 58.0 Å². The number of carboxylic acid groups (broad SMARTS) is 1. The summed E-state index contributed by atoms with van der Waals surface area (Å²) in [5.41, 5.74) is 0.569. The van der Waals surface area contributed by atoms with Crippen molar-refractivity contribution in [3.8, 4) is 0 Å². The van der Waals surface area contributed by atoms with E-state index in [1.807, 2.05) is 37.3 Å². The van der Waals surface area contributed by atoms with Gasteiger partial charge in [-0.15, -0.1) is 0 Å². The fourth-order valence-corrected chi connectivity index (χ4v) is 5.23. The summed E-state index contributed by atoms with van der Waals surface area (Å²) in [6.45, 7) is 5.01. The molecule has 0 spiro atoms. The van der Waals surface area contributed by atoms with Crippen LogP contribution in [0, 0.1) is 5.41 Å². The average molecular weight is 476 g/mol. The summed E-state index contributed by atoms with van der Waals surface area (Å²) in [7, 11) is 0. The summed E-state index contributed by atoms with van der Waals surface area (Å²) in [5, 5.41) is 10.7. The maximum absolute atomic E-state index is 13.8. The molecule has 1 heterocycles. The first-order chi connectivity index (χ1) is 15.1. The third-order valence-corrected chi connectivity index (χ3v) is 6.81. The zero-order chi connectivity index (χ0) is 23.6. The SMILES string of the molecule is CCC(C(C)=O)N1C(=O)[C@@](C)(CC(=O)O)CC(c2cccc(Cl)c2)C1c1ccc(Cl)cc1. The van der Waals surface area contributed by atoms with Crippen LogP contribution in [0.25, 0.3) is 0 Å². The van der Waals surface area contributed by atoms with Crippen LogP contribution in [0.4, 0.5) is 0 Å². The zero-order valence-corrected chi connectivity index (χ0v) is 19.9. The fraction of sp³-hybridized carbons (Fsp3) is 0.400. The van der Waals surface area contributed by atoms with Crippen LogP contribution in [0.1, 0.15) is 63.1 Å². The number of aliphatic carboxylic acids is 1. The first kappa shape index (κ1) is 24.3. The van der Waals surface area contributed by atoms with Crippen LogP contribution in [-0.4, -0.2) is 33.7 Å². The van der Waals surface area contributed by atoms with E-state index in [1.165, 1.54) is 6.92 Å². The third-order valence-electron chi connectivity index (χ3n) is 6.32. The lowest BCUT2D eigenvalue weighted by Crippen LogP contribution is -2.57. The molecule has 0 radical (unpaired) electrons. The molecule has 2 aromatic carbocycles. The van der Waals surface area contributed by atoms with Gasteiger partial charge in [0.05, 0.1) is 23.9 Å². The molecule has 4 atom stereocenters. The van der Waals surface area contributed by atoms with Gasteiger partial charge in [-0.3, -0.25) is 14.4 Å². The van der Waals surface area contributed by atoms with Crippen LogP contribution in [0.2, 0.25) is 10.0 Å². The summed E-state index contributed by atoms with van der Waals surface area (Å²) in [4.78, 5) is 39.8. The van der Waals surface area contributed by atoms with E-state index in [-0.39, 0.29) is 24.0 Å².